The van der Waals surface area contributed by atoms with Crippen LogP contribution in [0.25, 0.3) is 0 Å². The summed E-state index contributed by atoms with van der Waals surface area (Å²) in [5.41, 5.74) is 0. The second-order valence-corrected chi connectivity index (χ2v) is 3.41. The van der Waals surface area contributed by atoms with Crippen LogP contribution in [0.15, 0.2) is 12.3 Å². The summed E-state index contributed by atoms with van der Waals surface area (Å²) in [6.07, 6.45) is 9.32. The third-order valence-electron chi connectivity index (χ3n) is 2.26. The molecule has 3 nitrogen and oxygen atoms in total. The summed E-state index contributed by atoms with van der Waals surface area (Å²) in [4.78, 5) is 11.2. The number of urea groups is 1. The highest BCUT2D eigenvalue weighted by atomic mass is 16.2. The molecule has 74 valence electrons. The molecule has 0 radical (unpaired) electrons. The monoisotopic (exact) mass is 182 g/mol. The largest absolute Gasteiger partial charge is 0.335 e. The van der Waals surface area contributed by atoms with Crippen molar-refractivity contribution >= 4 is 6.03 Å². The maximum Gasteiger partial charge on any atom is 0.318 e. The SMILES string of the molecule is CC/C=C/NC(=O)NC1CCCC1. The van der Waals surface area contributed by atoms with E-state index in [0.717, 1.165) is 19.3 Å². The van der Waals surface area contributed by atoms with Gasteiger partial charge in [0.15, 0.2) is 0 Å². The van der Waals surface area contributed by atoms with Crippen molar-refractivity contribution in [3.05, 3.63) is 12.3 Å². The van der Waals surface area contributed by atoms with Crippen molar-refractivity contribution in [3.8, 4) is 0 Å². The van der Waals surface area contributed by atoms with Crippen LogP contribution in [0, 0.1) is 0 Å². The van der Waals surface area contributed by atoms with Crippen LogP contribution in [-0.4, -0.2) is 12.1 Å². The van der Waals surface area contributed by atoms with E-state index in [1.54, 1.807) is 6.20 Å². The van der Waals surface area contributed by atoms with Gasteiger partial charge in [-0.1, -0.05) is 25.8 Å². The van der Waals surface area contributed by atoms with E-state index in [4.69, 9.17) is 0 Å². The van der Waals surface area contributed by atoms with Crippen LogP contribution in [0.2, 0.25) is 0 Å². The molecule has 3 heteroatoms. The van der Waals surface area contributed by atoms with Gasteiger partial charge in [-0.15, -0.1) is 0 Å². The Hall–Kier alpha value is -0.990. The minimum atomic E-state index is -0.0726. The van der Waals surface area contributed by atoms with E-state index in [2.05, 4.69) is 10.6 Å². The van der Waals surface area contributed by atoms with Crippen LogP contribution in [-0.2, 0) is 0 Å². The van der Waals surface area contributed by atoms with E-state index in [0.29, 0.717) is 6.04 Å². The van der Waals surface area contributed by atoms with Gasteiger partial charge < -0.3 is 10.6 Å². The Morgan fingerprint density at radius 1 is 1.46 bits per heavy atom. The number of rotatable bonds is 3. The molecule has 0 unspecified atom stereocenters. The minimum Gasteiger partial charge on any atom is -0.335 e. The highest BCUT2D eigenvalue weighted by Gasteiger charge is 2.15. The first kappa shape index (κ1) is 10.1. The standard InChI is InChI=1S/C10H18N2O/c1-2-3-8-11-10(13)12-9-6-4-5-7-9/h3,8-9H,2,4-7H2,1H3,(H2,11,12,13)/b8-3+. The van der Waals surface area contributed by atoms with Crippen molar-refractivity contribution in [2.45, 2.75) is 45.1 Å². The molecular weight excluding hydrogens is 164 g/mol. The lowest BCUT2D eigenvalue weighted by Crippen LogP contribution is -2.38. The molecule has 0 spiro atoms. The van der Waals surface area contributed by atoms with Crippen LogP contribution in [0.3, 0.4) is 0 Å². The molecule has 0 aromatic heterocycles. The molecule has 2 N–H and O–H groups in total. The number of allylic oxidation sites excluding steroid dienone is 1. The molecule has 1 aliphatic carbocycles. The number of nitrogens with one attached hydrogen (secondary N) is 2. The maximum atomic E-state index is 11.2. The normalized spacial score (nSPS) is 17.9. The second kappa shape index (κ2) is 5.62. The van der Waals surface area contributed by atoms with Crippen molar-refractivity contribution in [1.82, 2.24) is 10.6 Å². The summed E-state index contributed by atoms with van der Waals surface area (Å²) in [7, 11) is 0. The Kier molecular flexibility index (Phi) is 4.36. The molecule has 0 heterocycles. The summed E-state index contributed by atoms with van der Waals surface area (Å²) in [5, 5.41) is 5.62. The lowest BCUT2D eigenvalue weighted by atomic mass is 10.3. The molecule has 0 atom stereocenters. The molecule has 0 aliphatic heterocycles. The highest BCUT2D eigenvalue weighted by Crippen LogP contribution is 2.17. The summed E-state index contributed by atoms with van der Waals surface area (Å²) in [6, 6.07) is 0.326. The summed E-state index contributed by atoms with van der Waals surface area (Å²) >= 11 is 0. The van der Waals surface area contributed by atoms with E-state index in [9.17, 15) is 4.79 Å². The fourth-order valence-electron chi connectivity index (χ4n) is 1.55. The van der Waals surface area contributed by atoms with Crippen LogP contribution in [0.4, 0.5) is 4.79 Å². The van der Waals surface area contributed by atoms with Gasteiger partial charge in [0, 0.05) is 12.2 Å². The van der Waals surface area contributed by atoms with Crippen molar-refractivity contribution in [1.29, 1.82) is 0 Å². The topological polar surface area (TPSA) is 41.1 Å². The van der Waals surface area contributed by atoms with Crippen LogP contribution >= 0.6 is 0 Å². The molecule has 1 aliphatic rings. The van der Waals surface area contributed by atoms with Crippen LogP contribution in [0.5, 0.6) is 0 Å². The van der Waals surface area contributed by atoms with E-state index in [1.807, 2.05) is 13.0 Å². The molecule has 1 fully saturated rings. The predicted octanol–water partition coefficient (Wildman–Crippen LogP) is 2.15. The third kappa shape index (κ3) is 3.97. The average molecular weight is 182 g/mol. The zero-order chi connectivity index (χ0) is 9.52. The molecule has 2 amide bonds. The Balaban J connectivity index is 2.13. The van der Waals surface area contributed by atoms with Crippen molar-refractivity contribution in [2.75, 3.05) is 0 Å². The third-order valence-corrected chi connectivity index (χ3v) is 2.26. The lowest BCUT2D eigenvalue weighted by molar-refractivity contribution is 0.240. The predicted molar refractivity (Wildman–Crippen MR) is 53.4 cm³/mol. The van der Waals surface area contributed by atoms with E-state index >= 15 is 0 Å². The number of hydrogen-bond donors (Lipinski definition) is 2. The van der Waals surface area contributed by atoms with Crippen LogP contribution in [0.1, 0.15) is 39.0 Å². The van der Waals surface area contributed by atoms with Crippen molar-refractivity contribution in [3.63, 3.8) is 0 Å². The van der Waals surface area contributed by atoms with E-state index < -0.39 is 0 Å². The van der Waals surface area contributed by atoms with Gasteiger partial charge in [-0.05, 0) is 19.3 Å². The van der Waals surface area contributed by atoms with Gasteiger partial charge in [-0.2, -0.15) is 0 Å². The van der Waals surface area contributed by atoms with E-state index in [-0.39, 0.29) is 6.03 Å². The summed E-state index contributed by atoms with van der Waals surface area (Å²) in [5.74, 6) is 0. The van der Waals surface area contributed by atoms with Gasteiger partial charge in [-0.25, -0.2) is 4.79 Å². The summed E-state index contributed by atoms with van der Waals surface area (Å²) in [6.45, 7) is 2.03. The Labute approximate surface area is 79.6 Å². The van der Waals surface area contributed by atoms with E-state index in [1.165, 1.54) is 12.8 Å². The minimum absolute atomic E-state index is 0.0726. The molecule has 1 saturated carbocycles. The molecular formula is C10H18N2O. The molecule has 0 saturated heterocycles. The number of carbonyl (C=O) groups excluding carboxylic acids is 1. The smallest absolute Gasteiger partial charge is 0.318 e. The second-order valence-electron chi connectivity index (χ2n) is 3.41. The maximum absolute atomic E-state index is 11.2. The van der Waals surface area contributed by atoms with Crippen molar-refractivity contribution < 1.29 is 4.79 Å². The molecule has 1 rings (SSSR count). The zero-order valence-corrected chi connectivity index (χ0v) is 8.18. The first-order valence-corrected chi connectivity index (χ1v) is 5.05. The molecule has 0 aromatic rings. The fourth-order valence-corrected chi connectivity index (χ4v) is 1.55. The first-order valence-electron chi connectivity index (χ1n) is 5.05. The van der Waals surface area contributed by atoms with Crippen LogP contribution < -0.4 is 10.6 Å². The quantitative estimate of drug-likeness (QED) is 0.690. The fraction of sp³-hybridized carbons (Fsp3) is 0.700. The summed E-state index contributed by atoms with van der Waals surface area (Å²) < 4.78 is 0. The molecule has 0 bridgehead atoms. The van der Waals surface area contributed by atoms with Gasteiger partial charge in [0.1, 0.15) is 0 Å². The Morgan fingerprint density at radius 3 is 2.77 bits per heavy atom. The molecule has 13 heavy (non-hydrogen) atoms. The number of amides is 2. The highest BCUT2D eigenvalue weighted by molar-refractivity contribution is 5.75. The van der Waals surface area contributed by atoms with Gasteiger partial charge in [-0.3, -0.25) is 0 Å². The zero-order valence-electron chi connectivity index (χ0n) is 8.18. The van der Waals surface area contributed by atoms with Gasteiger partial charge in [0.05, 0.1) is 0 Å². The Bertz CT molecular complexity index is 183. The molecule has 0 aromatic carbocycles. The van der Waals surface area contributed by atoms with Crippen molar-refractivity contribution in [2.24, 2.45) is 0 Å². The average Bonchev–Trinajstić information content (AvgIpc) is 2.57. The number of hydrogen-bond acceptors (Lipinski definition) is 1. The lowest BCUT2D eigenvalue weighted by Gasteiger charge is -2.10. The number of carbonyl (C=O) groups is 1. The van der Waals surface area contributed by atoms with Gasteiger partial charge in [0.2, 0.25) is 0 Å². The Morgan fingerprint density at radius 2 is 2.15 bits per heavy atom. The van der Waals surface area contributed by atoms with Gasteiger partial charge in [0.25, 0.3) is 0 Å². The van der Waals surface area contributed by atoms with Gasteiger partial charge >= 0.3 is 6.03 Å². The first-order chi connectivity index (χ1) is 6.33.